The van der Waals surface area contributed by atoms with Gasteiger partial charge < -0.3 is 14.5 Å². The number of nitrogens with zero attached hydrogens (tertiary/aromatic N) is 7. The van der Waals surface area contributed by atoms with E-state index < -0.39 is 0 Å². The van der Waals surface area contributed by atoms with Gasteiger partial charge in [0.1, 0.15) is 5.52 Å². The van der Waals surface area contributed by atoms with Crippen LogP contribution in [0.15, 0.2) is 30.6 Å². The maximum absolute atomic E-state index is 5.47. The number of aromatic nitrogens is 5. The van der Waals surface area contributed by atoms with Crippen LogP contribution in [0.4, 0.5) is 11.5 Å². The molecule has 29 heavy (non-hydrogen) atoms. The monoisotopic (exact) mass is 393 g/mol. The highest BCUT2D eigenvalue weighted by Crippen LogP contribution is 2.30. The van der Waals surface area contributed by atoms with Crippen LogP contribution < -0.4 is 9.80 Å². The lowest BCUT2D eigenvalue weighted by atomic mass is 9.92. The van der Waals surface area contributed by atoms with E-state index in [0.29, 0.717) is 5.92 Å². The zero-order valence-corrected chi connectivity index (χ0v) is 16.9. The number of morpholine rings is 1. The van der Waals surface area contributed by atoms with Crippen LogP contribution in [0.5, 0.6) is 0 Å². The summed E-state index contributed by atoms with van der Waals surface area (Å²) in [7, 11) is 1.97. The molecule has 0 aliphatic carbocycles. The molecule has 0 spiro atoms. The van der Waals surface area contributed by atoms with E-state index in [2.05, 4.69) is 54.7 Å². The number of benzene rings is 1. The molecule has 8 nitrogen and oxygen atoms in total. The first-order valence-electron chi connectivity index (χ1n) is 10.4. The van der Waals surface area contributed by atoms with Crippen molar-refractivity contribution in [2.75, 3.05) is 49.2 Å². The van der Waals surface area contributed by atoms with E-state index >= 15 is 0 Å². The molecule has 2 fully saturated rings. The molecule has 0 N–H and O–H groups in total. The summed E-state index contributed by atoms with van der Waals surface area (Å²) in [5, 5.41) is 18.2. The Labute approximate surface area is 170 Å². The molecule has 1 unspecified atom stereocenters. The van der Waals surface area contributed by atoms with Crippen molar-refractivity contribution >= 4 is 22.4 Å². The van der Waals surface area contributed by atoms with Gasteiger partial charge in [0, 0.05) is 50.5 Å². The van der Waals surface area contributed by atoms with Crippen molar-refractivity contribution in [3.8, 4) is 0 Å². The molecule has 0 amide bonds. The molecule has 2 aliphatic rings. The van der Waals surface area contributed by atoms with Gasteiger partial charge in [0.15, 0.2) is 5.82 Å². The van der Waals surface area contributed by atoms with E-state index in [0.717, 1.165) is 62.5 Å². The lowest BCUT2D eigenvalue weighted by Crippen LogP contribution is -2.37. The Bertz CT molecular complexity index is 982. The van der Waals surface area contributed by atoms with Crippen molar-refractivity contribution in [2.24, 2.45) is 13.0 Å². The van der Waals surface area contributed by atoms with E-state index in [1.807, 2.05) is 17.9 Å². The highest BCUT2D eigenvalue weighted by atomic mass is 16.5. The largest absolute Gasteiger partial charge is 0.378 e. The fraction of sp³-hybridized carbons (Fsp3) is 0.524. The molecule has 4 heterocycles. The number of rotatable bonds is 4. The van der Waals surface area contributed by atoms with E-state index in [1.54, 1.807) is 0 Å². The first-order valence-corrected chi connectivity index (χ1v) is 10.4. The Balaban J connectivity index is 1.37. The maximum Gasteiger partial charge on any atom is 0.162 e. The minimum atomic E-state index is 0.602. The summed E-state index contributed by atoms with van der Waals surface area (Å²) in [6, 6.07) is 6.47. The van der Waals surface area contributed by atoms with Crippen LogP contribution >= 0.6 is 0 Å². The van der Waals surface area contributed by atoms with Gasteiger partial charge in [-0.25, -0.2) is 0 Å². The molecule has 8 heteroatoms. The molecule has 1 atom stereocenters. The number of piperidine rings is 1. The number of hydrogen-bond donors (Lipinski definition) is 0. The second-order valence-corrected chi connectivity index (χ2v) is 8.09. The third-order valence-corrected chi connectivity index (χ3v) is 5.99. The number of hydrogen-bond acceptors (Lipinski definition) is 7. The van der Waals surface area contributed by atoms with Crippen LogP contribution in [0, 0.1) is 5.92 Å². The molecule has 0 radical (unpaired) electrons. The summed E-state index contributed by atoms with van der Waals surface area (Å²) in [6.45, 7) is 5.39. The molecule has 152 valence electrons. The van der Waals surface area contributed by atoms with E-state index in [1.165, 1.54) is 24.1 Å². The normalized spacial score (nSPS) is 20.4. The standard InChI is InChI=1S/C21H27N7O/c1-26-14-17(13-22-26)11-16-3-2-6-28(15-16)21-19-5-4-18(12-20(19)23-25-24-21)27-7-9-29-10-8-27/h4-5,12-14,16H,2-3,6-11,15H2,1H3. The van der Waals surface area contributed by atoms with Crippen LogP contribution in [0.1, 0.15) is 18.4 Å². The summed E-state index contributed by atoms with van der Waals surface area (Å²) >= 11 is 0. The average Bonchev–Trinajstić information content (AvgIpc) is 3.18. The van der Waals surface area contributed by atoms with Crippen molar-refractivity contribution in [2.45, 2.75) is 19.3 Å². The van der Waals surface area contributed by atoms with Gasteiger partial charge >= 0.3 is 0 Å². The van der Waals surface area contributed by atoms with E-state index in [4.69, 9.17) is 4.74 Å². The molecule has 0 saturated carbocycles. The summed E-state index contributed by atoms with van der Waals surface area (Å²) in [6.07, 6.45) is 7.56. The average molecular weight is 393 g/mol. The number of aryl methyl sites for hydroxylation is 1. The Kier molecular flexibility index (Phi) is 5.01. The maximum atomic E-state index is 5.47. The van der Waals surface area contributed by atoms with Crippen molar-refractivity contribution in [3.05, 3.63) is 36.2 Å². The van der Waals surface area contributed by atoms with Crippen molar-refractivity contribution in [1.82, 2.24) is 25.2 Å². The van der Waals surface area contributed by atoms with Crippen molar-refractivity contribution in [3.63, 3.8) is 0 Å². The third kappa shape index (κ3) is 3.89. The Morgan fingerprint density at radius 3 is 2.83 bits per heavy atom. The van der Waals surface area contributed by atoms with Crippen LogP contribution in [-0.4, -0.2) is 64.6 Å². The van der Waals surface area contributed by atoms with E-state index in [9.17, 15) is 0 Å². The quantitative estimate of drug-likeness (QED) is 0.672. The molecule has 0 bridgehead atoms. The van der Waals surface area contributed by atoms with Gasteiger partial charge in [-0.3, -0.25) is 4.68 Å². The van der Waals surface area contributed by atoms with Crippen molar-refractivity contribution in [1.29, 1.82) is 0 Å². The Morgan fingerprint density at radius 2 is 2.00 bits per heavy atom. The summed E-state index contributed by atoms with van der Waals surface area (Å²) in [4.78, 5) is 4.73. The van der Waals surface area contributed by atoms with Crippen LogP contribution in [-0.2, 0) is 18.2 Å². The summed E-state index contributed by atoms with van der Waals surface area (Å²) in [5.41, 5.74) is 3.40. The van der Waals surface area contributed by atoms with Gasteiger partial charge in [-0.1, -0.05) is 0 Å². The molecule has 3 aromatic rings. The van der Waals surface area contributed by atoms with Gasteiger partial charge in [-0.2, -0.15) is 5.10 Å². The third-order valence-electron chi connectivity index (χ3n) is 5.99. The number of anilines is 2. The molecule has 2 aromatic heterocycles. The van der Waals surface area contributed by atoms with Crippen LogP contribution in [0.3, 0.4) is 0 Å². The second kappa shape index (κ2) is 7.94. The SMILES string of the molecule is Cn1cc(CC2CCCN(c3nnnc4cc(N5CCOCC5)ccc34)C2)cn1. The predicted octanol–water partition coefficient (Wildman–Crippen LogP) is 2.05. The first-order chi connectivity index (χ1) is 14.3. The van der Waals surface area contributed by atoms with Gasteiger partial charge in [0.05, 0.1) is 19.4 Å². The lowest BCUT2D eigenvalue weighted by Gasteiger charge is -2.33. The smallest absolute Gasteiger partial charge is 0.162 e. The van der Waals surface area contributed by atoms with Gasteiger partial charge in [-0.15, -0.1) is 10.2 Å². The zero-order chi connectivity index (χ0) is 19.6. The molecule has 1 aromatic carbocycles. The van der Waals surface area contributed by atoms with Crippen LogP contribution in [0.25, 0.3) is 10.9 Å². The minimum Gasteiger partial charge on any atom is -0.378 e. The molecular weight excluding hydrogens is 366 g/mol. The molecular formula is C21H27N7O. The highest BCUT2D eigenvalue weighted by molar-refractivity contribution is 5.91. The van der Waals surface area contributed by atoms with Crippen molar-refractivity contribution < 1.29 is 4.74 Å². The van der Waals surface area contributed by atoms with E-state index in [-0.39, 0.29) is 0 Å². The Hall–Kier alpha value is -2.74. The second-order valence-electron chi connectivity index (χ2n) is 8.09. The van der Waals surface area contributed by atoms with Crippen LogP contribution in [0.2, 0.25) is 0 Å². The minimum absolute atomic E-state index is 0.602. The van der Waals surface area contributed by atoms with Gasteiger partial charge in [0.2, 0.25) is 0 Å². The lowest BCUT2D eigenvalue weighted by molar-refractivity contribution is 0.122. The summed E-state index contributed by atoms with van der Waals surface area (Å²) in [5.74, 6) is 1.56. The zero-order valence-electron chi connectivity index (χ0n) is 16.9. The first kappa shape index (κ1) is 18.3. The fourth-order valence-corrected chi connectivity index (χ4v) is 4.55. The molecule has 5 rings (SSSR count). The number of ether oxygens (including phenoxy) is 1. The molecule has 2 saturated heterocycles. The summed E-state index contributed by atoms with van der Waals surface area (Å²) < 4.78 is 7.35. The Morgan fingerprint density at radius 1 is 1.10 bits per heavy atom. The molecule has 2 aliphatic heterocycles. The number of fused-ring (bicyclic) bond motifs is 1. The topological polar surface area (TPSA) is 72.2 Å². The fourth-order valence-electron chi connectivity index (χ4n) is 4.55. The highest BCUT2D eigenvalue weighted by Gasteiger charge is 2.24. The van der Waals surface area contributed by atoms with Gasteiger partial charge in [0.25, 0.3) is 0 Å². The predicted molar refractivity (Wildman–Crippen MR) is 112 cm³/mol. The van der Waals surface area contributed by atoms with Gasteiger partial charge in [-0.05, 0) is 54.2 Å².